The number of hydrogen-bond acceptors (Lipinski definition) is 5. The Morgan fingerprint density at radius 3 is 2.82 bits per heavy atom. The summed E-state index contributed by atoms with van der Waals surface area (Å²) in [5.41, 5.74) is 1.18. The van der Waals surface area contributed by atoms with Crippen LogP contribution in [0.25, 0.3) is 11.4 Å². The van der Waals surface area contributed by atoms with Crippen molar-refractivity contribution < 1.29 is 4.79 Å². The monoisotopic (exact) mass is 312 g/mol. The van der Waals surface area contributed by atoms with Crippen molar-refractivity contribution in [1.29, 1.82) is 5.26 Å². The largest absolute Gasteiger partial charge is 0.302 e. The summed E-state index contributed by atoms with van der Waals surface area (Å²) in [5, 5.41) is 12.6. The highest BCUT2D eigenvalue weighted by atomic mass is 32.1. The molecule has 112 valence electrons. The predicted molar refractivity (Wildman–Crippen MR) is 85.3 cm³/mol. The van der Waals surface area contributed by atoms with E-state index in [-0.39, 0.29) is 11.8 Å². The van der Waals surface area contributed by atoms with E-state index < -0.39 is 0 Å². The van der Waals surface area contributed by atoms with Gasteiger partial charge in [-0.1, -0.05) is 36.7 Å². The molecule has 1 amide bonds. The number of pyridine rings is 1. The maximum absolute atomic E-state index is 12.3. The predicted octanol–water partition coefficient (Wildman–Crippen LogP) is 3.60. The molecule has 0 unspecified atom stereocenters. The molecule has 0 bridgehead atoms. The lowest BCUT2D eigenvalue weighted by Gasteiger charge is -2.19. The quantitative estimate of drug-likeness (QED) is 0.939. The van der Waals surface area contributed by atoms with Gasteiger partial charge in [0.1, 0.15) is 16.6 Å². The molecule has 0 radical (unpaired) electrons. The number of nitriles is 1. The molecule has 2 aromatic rings. The van der Waals surface area contributed by atoms with Gasteiger partial charge >= 0.3 is 0 Å². The molecule has 2 heterocycles. The molecule has 0 saturated heterocycles. The highest BCUT2D eigenvalue weighted by Gasteiger charge is 2.23. The van der Waals surface area contributed by atoms with Crippen molar-refractivity contribution in [3.8, 4) is 17.5 Å². The van der Waals surface area contributed by atoms with Crippen LogP contribution in [0.2, 0.25) is 0 Å². The number of amides is 1. The van der Waals surface area contributed by atoms with Gasteiger partial charge in [0.2, 0.25) is 5.91 Å². The van der Waals surface area contributed by atoms with Crippen LogP contribution >= 0.6 is 11.3 Å². The molecule has 1 aliphatic carbocycles. The number of thiazole rings is 1. The molecule has 5 nitrogen and oxygen atoms in total. The number of nitrogens with one attached hydrogen (secondary N) is 1. The Bertz CT molecular complexity index is 699. The van der Waals surface area contributed by atoms with Gasteiger partial charge in [0, 0.05) is 12.1 Å². The average molecular weight is 312 g/mol. The first-order chi connectivity index (χ1) is 10.8. The molecule has 0 aromatic carbocycles. The Labute approximate surface area is 133 Å². The van der Waals surface area contributed by atoms with Gasteiger partial charge in [-0.25, -0.2) is 4.98 Å². The Kier molecular flexibility index (Phi) is 4.45. The summed E-state index contributed by atoms with van der Waals surface area (Å²) in [6.07, 6.45) is 6.97. The zero-order chi connectivity index (χ0) is 15.4. The van der Waals surface area contributed by atoms with Crippen LogP contribution in [0.15, 0.2) is 24.4 Å². The summed E-state index contributed by atoms with van der Waals surface area (Å²) < 4.78 is 0. The van der Waals surface area contributed by atoms with Crippen molar-refractivity contribution in [1.82, 2.24) is 9.97 Å². The lowest BCUT2D eigenvalue weighted by molar-refractivity contribution is -0.120. The van der Waals surface area contributed by atoms with E-state index in [4.69, 9.17) is 0 Å². The van der Waals surface area contributed by atoms with Crippen molar-refractivity contribution >= 4 is 22.4 Å². The standard InChI is InChI=1S/C16H16N4OS/c17-10-13-14(12-8-4-5-9-18-12)19-16(22-13)20-15(21)11-6-2-1-3-7-11/h4-5,8-9,11H,1-3,6-7H2,(H,19,20,21). The Hall–Kier alpha value is -2.26. The highest BCUT2D eigenvalue weighted by molar-refractivity contribution is 7.16. The third kappa shape index (κ3) is 3.15. The molecule has 0 atom stereocenters. The van der Waals surface area contributed by atoms with E-state index in [1.807, 2.05) is 18.2 Å². The first-order valence-electron chi connectivity index (χ1n) is 7.41. The maximum atomic E-state index is 12.3. The summed E-state index contributed by atoms with van der Waals surface area (Å²) in [5.74, 6) is 0.0898. The zero-order valence-electron chi connectivity index (χ0n) is 12.1. The molecule has 1 N–H and O–H groups in total. The molecule has 6 heteroatoms. The van der Waals surface area contributed by atoms with Crippen LogP contribution < -0.4 is 5.32 Å². The summed E-state index contributed by atoms with van der Waals surface area (Å²) in [7, 11) is 0. The molecule has 1 aliphatic rings. The second-order valence-electron chi connectivity index (χ2n) is 5.35. The van der Waals surface area contributed by atoms with E-state index >= 15 is 0 Å². The van der Waals surface area contributed by atoms with Crippen LogP contribution in [-0.2, 0) is 4.79 Å². The normalized spacial score (nSPS) is 15.2. The third-order valence-electron chi connectivity index (χ3n) is 3.84. The maximum Gasteiger partial charge on any atom is 0.229 e. The fraction of sp³-hybridized carbons (Fsp3) is 0.375. The van der Waals surface area contributed by atoms with Gasteiger partial charge in [-0.3, -0.25) is 9.78 Å². The summed E-state index contributed by atoms with van der Waals surface area (Å²) in [4.78, 5) is 21.3. The van der Waals surface area contributed by atoms with Crippen molar-refractivity contribution in [2.75, 3.05) is 5.32 Å². The fourth-order valence-electron chi connectivity index (χ4n) is 2.70. The second-order valence-corrected chi connectivity index (χ2v) is 6.35. The van der Waals surface area contributed by atoms with Crippen LogP contribution in [0.4, 0.5) is 5.13 Å². The van der Waals surface area contributed by atoms with Crippen LogP contribution in [0.3, 0.4) is 0 Å². The van der Waals surface area contributed by atoms with Crippen molar-refractivity contribution in [2.45, 2.75) is 32.1 Å². The average Bonchev–Trinajstić information content (AvgIpc) is 2.99. The van der Waals surface area contributed by atoms with Gasteiger partial charge in [-0.15, -0.1) is 0 Å². The van der Waals surface area contributed by atoms with E-state index in [1.165, 1.54) is 17.8 Å². The third-order valence-corrected chi connectivity index (χ3v) is 4.72. The van der Waals surface area contributed by atoms with E-state index in [2.05, 4.69) is 21.4 Å². The molecule has 1 fully saturated rings. The number of anilines is 1. The van der Waals surface area contributed by atoms with Gasteiger partial charge in [0.15, 0.2) is 5.13 Å². The van der Waals surface area contributed by atoms with E-state index in [9.17, 15) is 10.1 Å². The van der Waals surface area contributed by atoms with E-state index in [0.717, 1.165) is 25.7 Å². The summed E-state index contributed by atoms with van der Waals surface area (Å²) in [6, 6.07) is 7.60. The topological polar surface area (TPSA) is 78.7 Å². The molecule has 1 saturated carbocycles. The van der Waals surface area contributed by atoms with Crippen LogP contribution in [0.5, 0.6) is 0 Å². The second kappa shape index (κ2) is 6.67. The van der Waals surface area contributed by atoms with Crippen LogP contribution in [0.1, 0.15) is 37.0 Å². The molecule has 0 spiro atoms. The molecule has 0 aliphatic heterocycles. The first-order valence-corrected chi connectivity index (χ1v) is 8.23. The number of carbonyl (C=O) groups excluding carboxylic acids is 1. The van der Waals surface area contributed by atoms with Gasteiger partial charge in [-0.2, -0.15) is 5.26 Å². The van der Waals surface area contributed by atoms with Crippen molar-refractivity contribution in [3.63, 3.8) is 0 Å². The number of nitrogens with zero attached hydrogens (tertiary/aromatic N) is 3. The fourth-order valence-corrected chi connectivity index (χ4v) is 3.47. The van der Waals surface area contributed by atoms with Crippen molar-refractivity contribution in [3.05, 3.63) is 29.3 Å². The van der Waals surface area contributed by atoms with E-state index in [0.29, 0.717) is 21.4 Å². The minimum Gasteiger partial charge on any atom is -0.302 e. The van der Waals surface area contributed by atoms with Gasteiger partial charge in [0.25, 0.3) is 0 Å². The Morgan fingerprint density at radius 1 is 1.32 bits per heavy atom. The SMILES string of the molecule is N#Cc1sc(NC(=O)C2CCCCC2)nc1-c1ccccn1. The molecular formula is C16H16N4OS. The smallest absolute Gasteiger partial charge is 0.229 e. The minimum absolute atomic E-state index is 0.0190. The van der Waals surface area contributed by atoms with Crippen LogP contribution in [-0.4, -0.2) is 15.9 Å². The minimum atomic E-state index is 0.0190. The molecule has 3 rings (SSSR count). The van der Waals surface area contributed by atoms with Crippen LogP contribution in [0, 0.1) is 17.2 Å². The summed E-state index contributed by atoms with van der Waals surface area (Å²) >= 11 is 1.20. The van der Waals surface area contributed by atoms with Gasteiger partial charge < -0.3 is 5.32 Å². The van der Waals surface area contributed by atoms with Gasteiger partial charge in [-0.05, 0) is 25.0 Å². The summed E-state index contributed by atoms with van der Waals surface area (Å²) in [6.45, 7) is 0. The molecule has 22 heavy (non-hydrogen) atoms. The number of rotatable bonds is 3. The number of carbonyl (C=O) groups is 1. The Morgan fingerprint density at radius 2 is 2.14 bits per heavy atom. The Balaban J connectivity index is 1.79. The highest BCUT2D eigenvalue weighted by Crippen LogP contribution is 2.31. The lowest BCUT2D eigenvalue weighted by Crippen LogP contribution is -2.24. The lowest BCUT2D eigenvalue weighted by atomic mass is 9.89. The van der Waals surface area contributed by atoms with Crippen molar-refractivity contribution in [2.24, 2.45) is 5.92 Å². The first kappa shape index (κ1) is 14.7. The zero-order valence-corrected chi connectivity index (χ0v) is 12.9. The molecule has 2 aromatic heterocycles. The van der Waals surface area contributed by atoms with Gasteiger partial charge in [0.05, 0.1) is 5.69 Å². The number of hydrogen-bond donors (Lipinski definition) is 1. The number of aromatic nitrogens is 2. The van der Waals surface area contributed by atoms with E-state index in [1.54, 1.807) is 6.20 Å². The molecular weight excluding hydrogens is 296 g/mol.